The summed E-state index contributed by atoms with van der Waals surface area (Å²) in [7, 11) is -2.41. The normalized spacial score (nSPS) is 22.4. The van der Waals surface area contributed by atoms with Crippen molar-refractivity contribution in [3.8, 4) is 0 Å². The largest absolute Gasteiger partial charge is 0.406 e. The Kier molecular flexibility index (Phi) is 7.09. The number of azide groups is 1. The van der Waals surface area contributed by atoms with E-state index in [1.807, 2.05) is 19.2 Å². The number of amides is 1. The van der Waals surface area contributed by atoms with E-state index in [2.05, 4.69) is 51.1 Å². The van der Waals surface area contributed by atoms with E-state index in [9.17, 15) is 4.79 Å². The molecular weight excluding hydrogens is 483 g/mol. The van der Waals surface area contributed by atoms with Gasteiger partial charge in [-0.1, -0.05) is 44.1 Å². The van der Waals surface area contributed by atoms with Crippen LogP contribution in [0.1, 0.15) is 37.4 Å². The zero-order chi connectivity index (χ0) is 26.1. The molecule has 0 spiro atoms. The number of fused-ring (bicyclic) bond motifs is 1. The molecule has 11 nitrogen and oxygen atoms in total. The molecule has 190 valence electrons. The summed E-state index contributed by atoms with van der Waals surface area (Å²) in [5.41, 5.74) is 9.87. The van der Waals surface area contributed by atoms with E-state index < -0.39 is 32.9 Å². The lowest BCUT2D eigenvalue weighted by Crippen LogP contribution is -2.47. The number of carbonyl (C=O) groups excluding carboxylic acids is 1. The lowest BCUT2D eigenvalue weighted by molar-refractivity contribution is -0.0285. The molecular formula is C23H29FN8O3Si. The molecule has 1 saturated heterocycles. The molecule has 1 aliphatic heterocycles. The van der Waals surface area contributed by atoms with Crippen molar-refractivity contribution in [1.82, 2.24) is 19.5 Å². The van der Waals surface area contributed by atoms with Gasteiger partial charge in [-0.05, 0) is 35.8 Å². The topological polar surface area (TPSA) is 140 Å². The Morgan fingerprint density at radius 1 is 1.28 bits per heavy atom. The molecule has 1 aromatic carbocycles. The second kappa shape index (κ2) is 9.94. The summed E-state index contributed by atoms with van der Waals surface area (Å²) in [6.45, 7) is 10.1. The first kappa shape index (κ1) is 25.7. The Balaban J connectivity index is 1.69. The van der Waals surface area contributed by atoms with Crippen molar-refractivity contribution >= 4 is 31.2 Å². The number of imidazole rings is 1. The van der Waals surface area contributed by atoms with E-state index in [1.54, 1.807) is 28.8 Å². The van der Waals surface area contributed by atoms with Crippen LogP contribution >= 0.6 is 0 Å². The zero-order valence-corrected chi connectivity index (χ0v) is 21.8. The molecule has 4 rings (SSSR count). The number of hydrogen-bond acceptors (Lipinski definition) is 7. The monoisotopic (exact) mass is 512 g/mol. The molecule has 4 atom stereocenters. The highest BCUT2D eigenvalue weighted by atomic mass is 28.4. The van der Waals surface area contributed by atoms with Crippen LogP contribution in [0.4, 0.5) is 10.2 Å². The Morgan fingerprint density at radius 3 is 2.67 bits per heavy atom. The number of nitrogens with zero attached hydrogens (tertiary/aromatic N) is 7. The highest BCUT2D eigenvalue weighted by molar-refractivity contribution is 6.74. The van der Waals surface area contributed by atoms with E-state index in [4.69, 9.17) is 14.7 Å². The molecule has 3 heterocycles. The van der Waals surface area contributed by atoms with Crippen LogP contribution < -0.4 is 5.32 Å². The number of nitrogens with one attached hydrogen (secondary N) is 1. The van der Waals surface area contributed by atoms with Crippen LogP contribution in [0, 0.1) is 0 Å². The standard InChI is InChI=1S/C23H29FN8O3Si/c1-23(2,3)36(4,5)35-18-16(24)15(11-29-31-25)34-22(18)32-13-28-17-19(26-12-27-20(17)32)30-21(33)14-9-7-6-8-10-14/h6-10,12-13,15-16,18,22H,11H2,1-5H3,(H,26,27,30,33)/t15-,16-,18-,22-/m1/s1. The fraction of sp³-hybridized carbons (Fsp3) is 0.478. The number of rotatable bonds is 7. The summed E-state index contributed by atoms with van der Waals surface area (Å²) in [5, 5.41) is 6.10. The van der Waals surface area contributed by atoms with Gasteiger partial charge in [0.25, 0.3) is 5.91 Å². The predicted octanol–water partition coefficient (Wildman–Crippen LogP) is 5.01. The third-order valence-corrected chi connectivity index (χ3v) is 11.2. The van der Waals surface area contributed by atoms with Crippen LogP contribution in [-0.2, 0) is 9.16 Å². The number of aromatic nitrogens is 4. The molecule has 2 aromatic heterocycles. The molecule has 36 heavy (non-hydrogen) atoms. The smallest absolute Gasteiger partial charge is 0.256 e. The minimum atomic E-state index is -2.41. The van der Waals surface area contributed by atoms with Crippen LogP contribution in [0.2, 0.25) is 18.1 Å². The van der Waals surface area contributed by atoms with Gasteiger partial charge in [0.1, 0.15) is 12.4 Å². The second-order valence-corrected chi connectivity index (χ2v) is 14.9. The van der Waals surface area contributed by atoms with Gasteiger partial charge in [-0.3, -0.25) is 9.36 Å². The number of hydrogen-bond donors (Lipinski definition) is 1. The van der Waals surface area contributed by atoms with Gasteiger partial charge in [0.15, 0.2) is 37.7 Å². The average molecular weight is 513 g/mol. The van der Waals surface area contributed by atoms with Crippen LogP contribution in [0.25, 0.3) is 21.6 Å². The SMILES string of the molecule is CC(C)(C)[Si](C)(C)O[C@@H]1[C@H](F)[C@@H](CN=[N+]=[N-])O[C@H]1n1cnc2c(NC(=O)c3ccccc3)ncnc21. The maximum atomic E-state index is 15.6. The summed E-state index contributed by atoms with van der Waals surface area (Å²) in [6, 6.07) is 8.72. The molecule has 1 aliphatic rings. The lowest BCUT2D eigenvalue weighted by atomic mass is 10.1. The second-order valence-electron chi connectivity index (χ2n) is 10.1. The van der Waals surface area contributed by atoms with Crippen LogP contribution in [0.15, 0.2) is 48.1 Å². The maximum Gasteiger partial charge on any atom is 0.256 e. The Bertz CT molecular complexity index is 1290. The minimum absolute atomic E-state index is 0.172. The van der Waals surface area contributed by atoms with Gasteiger partial charge < -0.3 is 14.5 Å². The fourth-order valence-corrected chi connectivity index (χ4v) is 5.00. The molecule has 0 unspecified atom stereocenters. The van der Waals surface area contributed by atoms with E-state index in [1.165, 1.54) is 12.7 Å². The van der Waals surface area contributed by atoms with Crippen LogP contribution in [0.3, 0.4) is 0 Å². The fourth-order valence-electron chi connectivity index (χ4n) is 3.72. The van der Waals surface area contributed by atoms with Crippen molar-refractivity contribution < 1.29 is 18.3 Å². The van der Waals surface area contributed by atoms with Crippen molar-refractivity contribution in [1.29, 1.82) is 0 Å². The highest BCUT2D eigenvalue weighted by Crippen LogP contribution is 2.43. The Hall–Kier alpha value is -3.38. The number of carbonyl (C=O) groups is 1. The zero-order valence-electron chi connectivity index (χ0n) is 20.8. The quantitative estimate of drug-likeness (QED) is 0.204. The number of anilines is 1. The third kappa shape index (κ3) is 4.96. The Labute approximate surface area is 208 Å². The average Bonchev–Trinajstić information content (AvgIpc) is 3.39. The molecule has 1 amide bonds. The molecule has 0 saturated carbocycles. The summed E-state index contributed by atoms with van der Waals surface area (Å²) >= 11 is 0. The number of ether oxygens (including phenoxy) is 1. The molecule has 0 aliphatic carbocycles. The molecule has 0 radical (unpaired) electrons. The first-order valence-corrected chi connectivity index (χ1v) is 14.5. The predicted molar refractivity (Wildman–Crippen MR) is 135 cm³/mol. The first-order chi connectivity index (χ1) is 17.0. The van der Waals surface area contributed by atoms with E-state index in [0.29, 0.717) is 16.7 Å². The van der Waals surface area contributed by atoms with Gasteiger partial charge in [0.05, 0.1) is 19.0 Å². The summed E-state index contributed by atoms with van der Waals surface area (Å²) in [4.78, 5) is 28.3. The minimum Gasteiger partial charge on any atom is -0.406 e. The van der Waals surface area contributed by atoms with Crippen LogP contribution in [0.5, 0.6) is 0 Å². The van der Waals surface area contributed by atoms with Gasteiger partial charge >= 0.3 is 0 Å². The van der Waals surface area contributed by atoms with Gasteiger partial charge in [-0.25, -0.2) is 19.3 Å². The van der Waals surface area contributed by atoms with E-state index in [0.717, 1.165) is 0 Å². The molecule has 3 aromatic rings. The summed E-state index contributed by atoms with van der Waals surface area (Å²) < 4.78 is 29.7. The third-order valence-electron chi connectivity index (χ3n) is 6.73. The van der Waals surface area contributed by atoms with Crippen molar-refractivity contribution in [3.05, 3.63) is 59.0 Å². The van der Waals surface area contributed by atoms with E-state index >= 15 is 4.39 Å². The molecule has 1 fully saturated rings. The number of alkyl halides is 1. The lowest BCUT2D eigenvalue weighted by Gasteiger charge is -2.39. The van der Waals surface area contributed by atoms with Crippen molar-refractivity contribution in [2.45, 2.75) is 63.5 Å². The van der Waals surface area contributed by atoms with Gasteiger partial charge in [-0.15, -0.1) is 0 Å². The number of halogens is 1. The van der Waals surface area contributed by atoms with Crippen LogP contribution in [-0.4, -0.2) is 58.7 Å². The summed E-state index contributed by atoms with van der Waals surface area (Å²) in [6.07, 6.45) is -1.65. The van der Waals surface area contributed by atoms with Gasteiger partial charge in [0.2, 0.25) is 0 Å². The van der Waals surface area contributed by atoms with Crippen molar-refractivity contribution in [2.24, 2.45) is 5.11 Å². The van der Waals surface area contributed by atoms with Crippen molar-refractivity contribution in [3.63, 3.8) is 0 Å². The Morgan fingerprint density at radius 2 is 2.00 bits per heavy atom. The highest BCUT2D eigenvalue weighted by Gasteiger charge is 2.51. The van der Waals surface area contributed by atoms with Gasteiger partial charge in [-0.2, -0.15) is 0 Å². The van der Waals surface area contributed by atoms with Crippen molar-refractivity contribution in [2.75, 3.05) is 11.9 Å². The molecule has 13 heteroatoms. The molecule has 1 N–H and O–H groups in total. The van der Waals surface area contributed by atoms with E-state index in [-0.39, 0.29) is 23.3 Å². The summed E-state index contributed by atoms with van der Waals surface area (Å²) in [5.74, 6) is -0.130. The maximum absolute atomic E-state index is 15.6. The molecule has 0 bridgehead atoms. The number of benzene rings is 1. The first-order valence-electron chi connectivity index (χ1n) is 11.6. The van der Waals surface area contributed by atoms with Gasteiger partial charge in [0, 0.05) is 10.5 Å².